The van der Waals surface area contributed by atoms with Crippen LogP contribution in [-0.4, -0.2) is 50.2 Å². The lowest BCUT2D eigenvalue weighted by Crippen LogP contribution is -2.33. The highest BCUT2D eigenvalue weighted by Gasteiger charge is 2.19. The Morgan fingerprint density at radius 2 is 2.04 bits per heavy atom. The smallest absolute Gasteiger partial charge is 0.169 e. The first-order valence-corrected chi connectivity index (χ1v) is 9.33. The summed E-state index contributed by atoms with van der Waals surface area (Å²) in [4.78, 5) is 14.7. The van der Waals surface area contributed by atoms with Gasteiger partial charge in [-0.05, 0) is 31.6 Å². The first-order valence-electron chi connectivity index (χ1n) is 8.45. The predicted molar refractivity (Wildman–Crippen MR) is 99.1 cm³/mol. The van der Waals surface area contributed by atoms with Crippen molar-refractivity contribution in [2.75, 3.05) is 20.6 Å². The largest absolute Gasteiger partial charge is 0.304 e. The van der Waals surface area contributed by atoms with Gasteiger partial charge in [0.2, 0.25) is 0 Å². The standard InChI is InChI=1S/C18H22N6S/c1-22(2)12-15-8-16-13-23(5-6-24(16)21-15)11-14-9-19-18(20-10-14)17-4-3-7-25-17/h3-4,7-10H,5-6,11-13H2,1-2H3. The van der Waals surface area contributed by atoms with Crippen LogP contribution in [0, 0.1) is 0 Å². The average Bonchev–Trinajstić information content (AvgIpc) is 3.24. The number of fused-ring (bicyclic) bond motifs is 1. The SMILES string of the molecule is CN(C)Cc1cc2n(n1)CCN(Cc1cnc(-c3cccs3)nc1)C2. The second-order valence-corrected chi connectivity index (χ2v) is 7.64. The topological polar surface area (TPSA) is 50.1 Å². The Balaban J connectivity index is 1.41. The van der Waals surface area contributed by atoms with Crippen LogP contribution in [0.15, 0.2) is 36.0 Å². The highest BCUT2D eigenvalue weighted by Crippen LogP contribution is 2.21. The molecule has 0 amide bonds. The van der Waals surface area contributed by atoms with Gasteiger partial charge in [-0.15, -0.1) is 11.3 Å². The minimum Gasteiger partial charge on any atom is -0.304 e. The third-order valence-corrected chi connectivity index (χ3v) is 5.12. The molecule has 3 aromatic heterocycles. The first kappa shape index (κ1) is 16.4. The summed E-state index contributed by atoms with van der Waals surface area (Å²) >= 11 is 1.67. The molecule has 130 valence electrons. The molecule has 4 heterocycles. The molecule has 0 spiro atoms. The molecule has 0 saturated heterocycles. The highest BCUT2D eigenvalue weighted by atomic mass is 32.1. The summed E-state index contributed by atoms with van der Waals surface area (Å²) in [5, 5.41) is 6.75. The molecule has 0 aliphatic carbocycles. The van der Waals surface area contributed by atoms with Crippen LogP contribution in [0.25, 0.3) is 10.7 Å². The fraction of sp³-hybridized carbons (Fsp3) is 0.389. The molecule has 4 rings (SSSR count). The van der Waals surface area contributed by atoms with E-state index in [2.05, 4.69) is 50.7 Å². The molecule has 1 aliphatic heterocycles. The lowest BCUT2D eigenvalue weighted by Gasteiger charge is -2.27. The molecule has 0 N–H and O–H groups in total. The van der Waals surface area contributed by atoms with Crippen molar-refractivity contribution >= 4 is 11.3 Å². The van der Waals surface area contributed by atoms with Crippen LogP contribution >= 0.6 is 11.3 Å². The van der Waals surface area contributed by atoms with Gasteiger partial charge in [0, 0.05) is 44.1 Å². The van der Waals surface area contributed by atoms with Crippen molar-refractivity contribution < 1.29 is 0 Å². The zero-order valence-electron chi connectivity index (χ0n) is 14.6. The fourth-order valence-corrected chi connectivity index (χ4v) is 3.82. The summed E-state index contributed by atoms with van der Waals surface area (Å²) < 4.78 is 2.14. The van der Waals surface area contributed by atoms with Crippen LogP contribution in [0.5, 0.6) is 0 Å². The molecule has 0 atom stereocenters. The summed E-state index contributed by atoms with van der Waals surface area (Å²) in [6.07, 6.45) is 3.90. The van der Waals surface area contributed by atoms with Crippen LogP contribution < -0.4 is 0 Å². The first-order chi connectivity index (χ1) is 12.2. The van der Waals surface area contributed by atoms with Crippen LogP contribution in [-0.2, 0) is 26.2 Å². The predicted octanol–water partition coefficient (Wildman–Crippen LogP) is 2.48. The van der Waals surface area contributed by atoms with E-state index in [9.17, 15) is 0 Å². The summed E-state index contributed by atoms with van der Waals surface area (Å²) in [6.45, 7) is 4.63. The summed E-state index contributed by atoms with van der Waals surface area (Å²) in [7, 11) is 4.15. The molecule has 0 saturated carbocycles. The van der Waals surface area contributed by atoms with Gasteiger partial charge in [0.1, 0.15) is 0 Å². The van der Waals surface area contributed by atoms with Gasteiger partial charge in [-0.25, -0.2) is 9.97 Å². The van der Waals surface area contributed by atoms with Crippen molar-refractivity contribution in [1.82, 2.24) is 29.5 Å². The molecule has 7 heteroatoms. The Hall–Kier alpha value is -2.09. The molecule has 0 aromatic carbocycles. The fourth-order valence-electron chi connectivity index (χ4n) is 3.14. The highest BCUT2D eigenvalue weighted by molar-refractivity contribution is 7.13. The second-order valence-electron chi connectivity index (χ2n) is 6.69. The monoisotopic (exact) mass is 354 g/mol. The van der Waals surface area contributed by atoms with Crippen LogP contribution in [0.1, 0.15) is 17.0 Å². The van der Waals surface area contributed by atoms with Gasteiger partial charge in [-0.3, -0.25) is 9.58 Å². The van der Waals surface area contributed by atoms with Gasteiger partial charge in [-0.2, -0.15) is 5.10 Å². The number of thiophene rings is 1. The van der Waals surface area contributed by atoms with Gasteiger partial charge in [0.15, 0.2) is 5.82 Å². The third kappa shape index (κ3) is 3.78. The summed E-state index contributed by atoms with van der Waals surface area (Å²) in [6, 6.07) is 6.30. The lowest BCUT2D eigenvalue weighted by atomic mass is 10.2. The second kappa shape index (κ2) is 7.03. The number of hydrogen-bond acceptors (Lipinski definition) is 6. The van der Waals surface area contributed by atoms with E-state index < -0.39 is 0 Å². The molecular formula is C18H22N6S. The van der Waals surface area contributed by atoms with Gasteiger partial charge < -0.3 is 4.90 Å². The molecular weight excluding hydrogens is 332 g/mol. The Bertz CT molecular complexity index is 822. The quantitative estimate of drug-likeness (QED) is 0.704. The Labute approximate surface area is 151 Å². The molecule has 6 nitrogen and oxygen atoms in total. The third-order valence-electron chi connectivity index (χ3n) is 4.26. The van der Waals surface area contributed by atoms with Crippen LogP contribution in [0.3, 0.4) is 0 Å². The molecule has 25 heavy (non-hydrogen) atoms. The van der Waals surface area contributed by atoms with E-state index in [1.807, 2.05) is 23.8 Å². The Kier molecular flexibility index (Phi) is 4.61. The van der Waals surface area contributed by atoms with E-state index >= 15 is 0 Å². The Morgan fingerprint density at radius 3 is 2.76 bits per heavy atom. The molecule has 0 fully saturated rings. The number of aromatic nitrogens is 4. The van der Waals surface area contributed by atoms with E-state index in [0.717, 1.165) is 54.7 Å². The van der Waals surface area contributed by atoms with Crippen molar-refractivity contribution in [3.63, 3.8) is 0 Å². The van der Waals surface area contributed by atoms with Gasteiger partial charge in [0.25, 0.3) is 0 Å². The van der Waals surface area contributed by atoms with E-state index in [1.54, 1.807) is 11.3 Å². The zero-order chi connectivity index (χ0) is 17.2. The van der Waals surface area contributed by atoms with E-state index in [1.165, 1.54) is 5.69 Å². The molecule has 0 bridgehead atoms. The van der Waals surface area contributed by atoms with Crippen molar-refractivity contribution in [3.8, 4) is 10.7 Å². The minimum absolute atomic E-state index is 0.809. The molecule has 1 aliphatic rings. The van der Waals surface area contributed by atoms with Gasteiger partial charge in [-0.1, -0.05) is 6.07 Å². The van der Waals surface area contributed by atoms with Gasteiger partial charge >= 0.3 is 0 Å². The van der Waals surface area contributed by atoms with Crippen molar-refractivity contribution in [1.29, 1.82) is 0 Å². The van der Waals surface area contributed by atoms with Crippen LogP contribution in [0.4, 0.5) is 0 Å². The van der Waals surface area contributed by atoms with Crippen molar-refractivity contribution in [2.45, 2.75) is 26.2 Å². The molecule has 3 aromatic rings. The average molecular weight is 354 g/mol. The minimum atomic E-state index is 0.809. The summed E-state index contributed by atoms with van der Waals surface area (Å²) in [5.41, 5.74) is 3.59. The zero-order valence-corrected chi connectivity index (χ0v) is 15.4. The van der Waals surface area contributed by atoms with Crippen molar-refractivity contribution in [2.24, 2.45) is 0 Å². The molecule has 0 radical (unpaired) electrons. The maximum Gasteiger partial charge on any atom is 0.169 e. The normalized spacial score (nSPS) is 14.8. The lowest BCUT2D eigenvalue weighted by molar-refractivity contribution is 0.204. The Morgan fingerprint density at radius 1 is 1.20 bits per heavy atom. The number of nitrogens with zero attached hydrogens (tertiary/aromatic N) is 6. The maximum absolute atomic E-state index is 4.70. The van der Waals surface area contributed by atoms with Gasteiger partial charge in [0.05, 0.1) is 22.8 Å². The number of hydrogen-bond donors (Lipinski definition) is 0. The maximum atomic E-state index is 4.70. The van der Waals surface area contributed by atoms with Crippen LogP contribution in [0.2, 0.25) is 0 Å². The van der Waals surface area contributed by atoms with E-state index in [4.69, 9.17) is 5.10 Å². The summed E-state index contributed by atoms with van der Waals surface area (Å²) in [5.74, 6) is 0.809. The molecule has 0 unspecified atom stereocenters. The van der Waals surface area contributed by atoms with E-state index in [0.29, 0.717) is 0 Å². The van der Waals surface area contributed by atoms with Crippen molar-refractivity contribution in [3.05, 3.63) is 52.9 Å². The number of rotatable bonds is 5. The van der Waals surface area contributed by atoms with E-state index in [-0.39, 0.29) is 0 Å².